The molecule has 4 heteroatoms. The zero-order valence-corrected chi connectivity index (χ0v) is 12.2. The number of hydrogen-bond donors (Lipinski definition) is 1. The van der Waals surface area contributed by atoms with Crippen LogP contribution in [-0.4, -0.2) is 12.2 Å². The standard InChI is InChI=1S/C15H15BrO3/c1-18-14-6-5-12(9-17)15(8-14)19-10-11-3-2-4-13(16)7-11/h2-8,17H,9-10H2,1H3. The van der Waals surface area contributed by atoms with E-state index in [1.807, 2.05) is 24.3 Å². The maximum absolute atomic E-state index is 9.30. The Morgan fingerprint density at radius 3 is 2.68 bits per heavy atom. The predicted molar refractivity (Wildman–Crippen MR) is 77.4 cm³/mol. The molecule has 0 aromatic heterocycles. The van der Waals surface area contributed by atoms with Crippen LogP contribution in [-0.2, 0) is 13.2 Å². The van der Waals surface area contributed by atoms with Gasteiger partial charge in [-0.15, -0.1) is 0 Å². The van der Waals surface area contributed by atoms with Crippen molar-refractivity contribution in [3.63, 3.8) is 0 Å². The van der Waals surface area contributed by atoms with E-state index in [4.69, 9.17) is 9.47 Å². The molecule has 0 heterocycles. The third kappa shape index (κ3) is 3.72. The molecule has 0 aliphatic rings. The molecule has 0 saturated carbocycles. The zero-order chi connectivity index (χ0) is 13.7. The molecule has 2 aromatic carbocycles. The van der Waals surface area contributed by atoms with Gasteiger partial charge in [0, 0.05) is 16.1 Å². The van der Waals surface area contributed by atoms with Gasteiger partial charge in [0.2, 0.25) is 0 Å². The van der Waals surface area contributed by atoms with E-state index in [9.17, 15) is 5.11 Å². The fraction of sp³-hybridized carbons (Fsp3) is 0.200. The van der Waals surface area contributed by atoms with Crippen LogP contribution < -0.4 is 9.47 Å². The Bertz CT molecular complexity index is 555. The molecule has 0 unspecified atom stereocenters. The molecular formula is C15H15BrO3. The molecule has 0 atom stereocenters. The van der Waals surface area contributed by atoms with Crippen LogP contribution in [0, 0.1) is 0 Å². The van der Waals surface area contributed by atoms with Gasteiger partial charge in [-0.3, -0.25) is 0 Å². The monoisotopic (exact) mass is 322 g/mol. The third-order valence-electron chi connectivity index (χ3n) is 2.73. The van der Waals surface area contributed by atoms with E-state index in [1.54, 1.807) is 25.3 Å². The molecule has 0 radical (unpaired) electrons. The van der Waals surface area contributed by atoms with Gasteiger partial charge in [-0.05, 0) is 29.8 Å². The number of ether oxygens (including phenoxy) is 2. The van der Waals surface area contributed by atoms with Crippen LogP contribution in [0.1, 0.15) is 11.1 Å². The highest BCUT2D eigenvalue weighted by Crippen LogP contribution is 2.26. The first-order valence-corrected chi connectivity index (χ1v) is 6.67. The SMILES string of the molecule is COc1ccc(CO)c(OCc2cccc(Br)c2)c1. The highest BCUT2D eigenvalue weighted by Gasteiger charge is 2.05. The minimum absolute atomic E-state index is 0.0577. The fourth-order valence-electron chi connectivity index (χ4n) is 1.71. The molecule has 0 aliphatic heterocycles. The average Bonchev–Trinajstić information content (AvgIpc) is 2.45. The molecule has 0 aliphatic carbocycles. The van der Waals surface area contributed by atoms with Crippen molar-refractivity contribution in [3.8, 4) is 11.5 Å². The van der Waals surface area contributed by atoms with Crippen molar-refractivity contribution in [1.82, 2.24) is 0 Å². The first-order chi connectivity index (χ1) is 9.22. The van der Waals surface area contributed by atoms with Crippen molar-refractivity contribution in [2.45, 2.75) is 13.2 Å². The number of rotatable bonds is 5. The molecule has 0 fully saturated rings. The number of aliphatic hydroxyl groups excluding tert-OH is 1. The Balaban J connectivity index is 2.14. The van der Waals surface area contributed by atoms with E-state index in [-0.39, 0.29) is 6.61 Å². The van der Waals surface area contributed by atoms with Crippen molar-refractivity contribution in [2.24, 2.45) is 0 Å². The van der Waals surface area contributed by atoms with Crippen LogP contribution in [0.4, 0.5) is 0 Å². The molecule has 2 aromatic rings. The number of methoxy groups -OCH3 is 1. The van der Waals surface area contributed by atoms with Gasteiger partial charge in [-0.25, -0.2) is 0 Å². The van der Waals surface area contributed by atoms with Crippen molar-refractivity contribution in [3.05, 3.63) is 58.1 Å². The first-order valence-electron chi connectivity index (χ1n) is 5.88. The lowest BCUT2D eigenvalue weighted by molar-refractivity contribution is 0.258. The lowest BCUT2D eigenvalue weighted by Gasteiger charge is -2.12. The van der Waals surface area contributed by atoms with Gasteiger partial charge in [0.1, 0.15) is 18.1 Å². The minimum Gasteiger partial charge on any atom is -0.497 e. The van der Waals surface area contributed by atoms with E-state index in [2.05, 4.69) is 15.9 Å². The smallest absolute Gasteiger partial charge is 0.129 e. The Morgan fingerprint density at radius 2 is 2.00 bits per heavy atom. The molecule has 0 bridgehead atoms. The van der Waals surface area contributed by atoms with E-state index >= 15 is 0 Å². The van der Waals surface area contributed by atoms with Crippen LogP contribution in [0.25, 0.3) is 0 Å². The van der Waals surface area contributed by atoms with Crippen molar-refractivity contribution < 1.29 is 14.6 Å². The van der Waals surface area contributed by atoms with Crippen LogP contribution >= 0.6 is 15.9 Å². The summed E-state index contributed by atoms with van der Waals surface area (Å²) in [5, 5.41) is 9.30. The van der Waals surface area contributed by atoms with Crippen LogP contribution in [0.5, 0.6) is 11.5 Å². The first kappa shape index (κ1) is 13.9. The van der Waals surface area contributed by atoms with Gasteiger partial charge in [-0.2, -0.15) is 0 Å². The lowest BCUT2D eigenvalue weighted by Crippen LogP contribution is -1.99. The van der Waals surface area contributed by atoms with Gasteiger partial charge in [-0.1, -0.05) is 28.1 Å². The highest BCUT2D eigenvalue weighted by molar-refractivity contribution is 9.10. The number of benzene rings is 2. The van der Waals surface area contributed by atoms with E-state index in [1.165, 1.54) is 0 Å². The molecule has 0 saturated heterocycles. The second-order valence-corrected chi connectivity index (χ2v) is 4.97. The number of halogens is 1. The van der Waals surface area contributed by atoms with Crippen molar-refractivity contribution in [1.29, 1.82) is 0 Å². The maximum Gasteiger partial charge on any atom is 0.129 e. The molecule has 1 N–H and O–H groups in total. The maximum atomic E-state index is 9.30. The zero-order valence-electron chi connectivity index (χ0n) is 10.6. The Labute approximate surface area is 120 Å². The molecule has 0 amide bonds. The Morgan fingerprint density at radius 1 is 1.16 bits per heavy atom. The summed E-state index contributed by atoms with van der Waals surface area (Å²) in [6.07, 6.45) is 0. The Kier molecular flexibility index (Phi) is 4.82. The normalized spacial score (nSPS) is 10.3. The minimum atomic E-state index is -0.0577. The highest BCUT2D eigenvalue weighted by atomic mass is 79.9. The van der Waals surface area contributed by atoms with Crippen LogP contribution in [0.15, 0.2) is 46.9 Å². The van der Waals surface area contributed by atoms with Gasteiger partial charge < -0.3 is 14.6 Å². The molecule has 100 valence electrons. The largest absolute Gasteiger partial charge is 0.497 e. The summed E-state index contributed by atoms with van der Waals surface area (Å²) in [6.45, 7) is 0.386. The van der Waals surface area contributed by atoms with Gasteiger partial charge >= 0.3 is 0 Å². The second kappa shape index (κ2) is 6.59. The Hall–Kier alpha value is -1.52. The molecule has 3 nitrogen and oxygen atoms in total. The summed E-state index contributed by atoms with van der Waals surface area (Å²) < 4.78 is 11.9. The van der Waals surface area contributed by atoms with E-state index in [0.29, 0.717) is 18.1 Å². The van der Waals surface area contributed by atoms with Crippen LogP contribution in [0.2, 0.25) is 0 Å². The molecule has 0 spiro atoms. The third-order valence-corrected chi connectivity index (χ3v) is 3.22. The topological polar surface area (TPSA) is 38.7 Å². The summed E-state index contributed by atoms with van der Waals surface area (Å²) in [4.78, 5) is 0. The van der Waals surface area contributed by atoms with Gasteiger partial charge in [0.15, 0.2) is 0 Å². The summed E-state index contributed by atoms with van der Waals surface area (Å²) >= 11 is 3.42. The number of hydrogen-bond acceptors (Lipinski definition) is 3. The molecular weight excluding hydrogens is 308 g/mol. The second-order valence-electron chi connectivity index (χ2n) is 4.05. The van der Waals surface area contributed by atoms with Gasteiger partial charge in [0.25, 0.3) is 0 Å². The van der Waals surface area contributed by atoms with Crippen molar-refractivity contribution >= 4 is 15.9 Å². The quantitative estimate of drug-likeness (QED) is 0.915. The summed E-state index contributed by atoms with van der Waals surface area (Å²) in [5.41, 5.74) is 1.80. The van der Waals surface area contributed by atoms with Crippen molar-refractivity contribution in [2.75, 3.05) is 7.11 Å². The fourth-order valence-corrected chi connectivity index (χ4v) is 2.16. The van der Waals surface area contributed by atoms with E-state index in [0.717, 1.165) is 15.6 Å². The predicted octanol–water partition coefficient (Wildman–Crippen LogP) is 3.53. The van der Waals surface area contributed by atoms with E-state index < -0.39 is 0 Å². The van der Waals surface area contributed by atoms with Gasteiger partial charge in [0.05, 0.1) is 13.7 Å². The average molecular weight is 323 g/mol. The molecule has 2 rings (SSSR count). The number of aliphatic hydroxyl groups is 1. The lowest BCUT2D eigenvalue weighted by atomic mass is 10.2. The van der Waals surface area contributed by atoms with Crippen LogP contribution in [0.3, 0.4) is 0 Å². The summed E-state index contributed by atoms with van der Waals surface area (Å²) in [6, 6.07) is 13.3. The summed E-state index contributed by atoms with van der Waals surface area (Å²) in [7, 11) is 1.60. The molecule has 19 heavy (non-hydrogen) atoms. The summed E-state index contributed by atoms with van der Waals surface area (Å²) in [5.74, 6) is 1.35.